The van der Waals surface area contributed by atoms with Gasteiger partial charge in [-0.1, -0.05) is 17.7 Å². The summed E-state index contributed by atoms with van der Waals surface area (Å²) in [5.74, 6) is 0. The van der Waals surface area contributed by atoms with Gasteiger partial charge in [0.25, 0.3) is 0 Å². The molecule has 0 unspecified atom stereocenters. The molecule has 0 atom stereocenters. The van der Waals surface area contributed by atoms with Crippen LogP contribution in [0.25, 0.3) is 0 Å². The SMILES string of the molecule is CC(C)=CC1=Nc2ccccc2NC(C)(C)C1. The molecule has 0 fully saturated rings. The fourth-order valence-electron chi connectivity index (χ4n) is 2.15. The minimum atomic E-state index is 0.0391. The van der Waals surface area contributed by atoms with Gasteiger partial charge in [-0.05, 0) is 45.9 Å². The Morgan fingerprint density at radius 1 is 1.29 bits per heavy atom. The van der Waals surface area contributed by atoms with E-state index in [1.54, 1.807) is 0 Å². The summed E-state index contributed by atoms with van der Waals surface area (Å²) >= 11 is 0. The highest BCUT2D eigenvalue weighted by Gasteiger charge is 2.23. The number of fused-ring (bicyclic) bond motifs is 1. The van der Waals surface area contributed by atoms with Gasteiger partial charge < -0.3 is 5.32 Å². The van der Waals surface area contributed by atoms with Crippen molar-refractivity contribution in [3.8, 4) is 0 Å². The number of hydrogen-bond donors (Lipinski definition) is 1. The third-order valence-electron chi connectivity index (χ3n) is 2.72. The molecule has 0 aromatic heterocycles. The second-order valence-corrected chi connectivity index (χ2v) is 5.53. The Morgan fingerprint density at radius 2 is 2.00 bits per heavy atom. The van der Waals surface area contributed by atoms with Gasteiger partial charge >= 0.3 is 0 Å². The zero-order valence-electron chi connectivity index (χ0n) is 11.0. The van der Waals surface area contributed by atoms with Gasteiger partial charge in [-0.3, -0.25) is 4.99 Å². The van der Waals surface area contributed by atoms with Crippen molar-refractivity contribution in [3.63, 3.8) is 0 Å². The largest absolute Gasteiger partial charge is 0.378 e. The van der Waals surface area contributed by atoms with Crippen LogP contribution in [0.4, 0.5) is 11.4 Å². The van der Waals surface area contributed by atoms with E-state index in [9.17, 15) is 0 Å². The fraction of sp³-hybridized carbons (Fsp3) is 0.400. The van der Waals surface area contributed by atoms with Crippen LogP contribution in [-0.2, 0) is 0 Å². The first-order valence-electron chi connectivity index (χ1n) is 6.06. The Kier molecular flexibility index (Phi) is 3.05. The fourth-order valence-corrected chi connectivity index (χ4v) is 2.15. The van der Waals surface area contributed by atoms with Crippen LogP contribution >= 0.6 is 0 Å². The lowest BCUT2D eigenvalue weighted by Gasteiger charge is -2.25. The molecule has 17 heavy (non-hydrogen) atoms. The van der Waals surface area contributed by atoms with Crippen molar-refractivity contribution >= 4 is 17.1 Å². The molecule has 0 saturated carbocycles. The summed E-state index contributed by atoms with van der Waals surface area (Å²) in [6.45, 7) is 8.65. The van der Waals surface area contributed by atoms with Gasteiger partial charge in [-0.2, -0.15) is 0 Å². The molecule has 1 aliphatic rings. The van der Waals surface area contributed by atoms with Crippen LogP contribution in [-0.4, -0.2) is 11.3 Å². The zero-order valence-corrected chi connectivity index (χ0v) is 11.0. The number of anilines is 1. The molecule has 1 heterocycles. The molecule has 2 rings (SSSR count). The molecule has 0 aliphatic carbocycles. The highest BCUT2D eigenvalue weighted by atomic mass is 15.0. The van der Waals surface area contributed by atoms with Crippen molar-refractivity contribution in [2.45, 2.75) is 39.7 Å². The Hall–Kier alpha value is -1.57. The van der Waals surface area contributed by atoms with E-state index in [-0.39, 0.29) is 5.54 Å². The van der Waals surface area contributed by atoms with Gasteiger partial charge in [0.05, 0.1) is 11.4 Å². The highest BCUT2D eigenvalue weighted by Crippen LogP contribution is 2.32. The molecular weight excluding hydrogens is 208 g/mol. The molecule has 1 aromatic rings. The van der Waals surface area contributed by atoms with Crippen LogP contribution in [0.3, 0.4) is 0 Å². The van der Waals surface area contributed by atoms with Gasteiger partial charge in [0.2, 0.25) is 0 Å². The van der Waals surface area contributed by atoms with E-state index in [0.717, 1.165) is 23.5 Å². The summed E-state index contributed by atoms with van der Waals surface area (Å²) in [7, 11) is 0. The van der Waals surface area contributed by atoms with Crippen LogP contribution in [0.15, 0.2) is 40.9 Å². The number of para-hydroxylation sites is 2. The van der Waals surface area contributed by atoms with Crippen LogP contribution in [0.1, 0.15) is 34.1 Å². The molecule has 1 N–H and O–H groups in total. The van der Waals surface area contributed by atoms with E-state index in [1.807, 2.05) is 12.1 Å². The molecule has 2 heteroatoms. The topological polar surface area (TPSA) is 24.4 Å². The van der Waals surface area contributed by atoms with Crippen molar-refractivity contribution in [3.05, 3.63) is 35.9 Å². The van der Waals surface area contributed by atoms with E-state index >= 15 is 0 Å². The Bertz CT molecular complexity index is 477. The van der Waals surface area contributed by atoms with E-state index < -0.39 is 0 Å². The minimum Gasteiger partial charge on any atom is -0.378 e. The third-order valence-corrected chi connectivity index (χ3v) is 2.72. The van der Waals surface area contributed by atoms with E-state index in [2.05, 4.69) is 51.2 Å². The summed E-state index contributed by atoms with van der Waals surface area (Å²) in [5.41, 5.74) is 4.63. The number of allylic oxidation sites excluding steroid dienone is 2. The number of nitrogens with one attached hydrogen (secondary N) is 1. The molecule has 1 aliphatic heterocycles. The van der Waals surface area contributed by atoms with Crippen molar-refractivity contribution in [1.82, 2.24) is 0 Å². The van der Waals surface area contributed by atoms with Crippen molar-refractivity contribution < 1.29 is 0 Å². The molecule has 0 amide bonds. The highest BCUT2D eigenvalue weighted by molar-refractivity contribution is 6.00. The predicted molar refractivity (Wildman–Crippen MR) is 75.3 cm³/mol. The zero-order chi connectivity index (χ0) is 12.5. The van der Waals surface area contributed by atoms with Gasteiger partial charge in [0.1, 0.15) is 0 Å². The van der Waals surface area contributed by atoms with Crippen molar-refractivity contribution in [2.24, 2.45) is 4.99 Å². The predicted octanol–water partition coefficient (Wildman–Crippen LogP) is 4.32. The van der Waals surface area contributed by atoms with E-state index in [0.29, 0.717) is 0 Å². The normalized spacial score (nSPS) is 17.3. The lowest BCUT2D eigenvalue weighted by Crippen LogP contribution is -2.32. The van der Waals surface area contributed by atoms with Crippen molar-refractivity contribution in [1.29, 1.82) is 0 Å². The van der Waals surface area contributed by atoms with Crippen molar-refractivity contribution in [2.75, 3.05) is 5.32 Å². The van der Waals surface area contributed by atoms with Gasteiger partial charge in [-0.15, -0.1) is 0 Å². The number of hydrogen-bond acceptors (Lipinski definition) is 2. The standard InChI is InChI=1S/C15H20N2/c1-11(2)9-12-10-15(3,4)17-14-8-6-5-7-13(14)16-12/h5-9,17H,10H2,1-4H3. The lowest BCUT2D eigenvalue weighted by molar-refractivity contribution is 0.596. The van der Waals surface area contributed by atoms with Gasteiger partial charge in [0.15, 0.2) is 0 Å². The number of aliphatic imine (C=N–C) groups is 1. The summed E-state index contributed by atoms with van der Waals surface area (Å²) in [6, 6.07) is 8.22. The second kappa shape index (κ2) is 4.36. The van der Waals surface area contributed by atoms with Crippen LogP contribution in [0, 0.1) is 0 Å². The molecule has 2 nitrogen and oxygen atoms in total. The molecular formula is C15H20N2. The number of rotatable bonds is 1. The lowest BCUT2D eigenvalue weighted by atomic mass is 9.96. The molecule has 0 spiro atoms. The Balaban J connectivity index is 2.49. The second-order valence-electron chi connectivity index (χ2n) is 5.53. The summed E-state index contributed by atoms with van der Waals surface area (Å²) in [5, 5.41) is 3.56. The molecule has 0 saturated heterocycles. The summed E-state index contributed by atoms with van der Waals surface area (Å²) in [4.78, 5) is 4.75. The first-order valence-corrected chi connectivity index (χ1v) is 6.06. The third kappa shape index (κ3) is 2.96. The Labute approximate surface area is 103 Å². The van der Waals surface area contributed by atoms with Crippen LogP contribution in [0.2, 0.25) is 0 Å². The maximum Gasteiger partial charge on any atom is 0.0864 e. The van der Waals surface area contributed by atoms with Crippen LogP contribution in [0.5, 0.6) is 0 Å². The smallest absolute Gasteiger partial charge is 0.0864 e. The number of nitrogens with zero attached hydrogens (tertiary/aromatic N) is 1. The maximum atomic E-state index is 4.75. The molecule has 0 bridgehead atoms. The average Bonchev–Trinajstić information content (AvgIpc) is 2.30. The summed E-state index contributed by atoms with van der Waals surface area (Å²) < 4.78 is 0. The summed E-state index contributed by atoms with van der Waals surface area (Å²) in [6.07, 6.45) is 3.11. The minimum absolute atomic E-state index is 0.0391. The molecule has 0 radical (unpaired) electrons. The number of benzene rings is 1. The van der Waals surface area contributed by atoms with Crippen LogP contribution < -0.4 is 5.32 Å². The van der Waals surface area contributed by atoms with E-state index in [4.69, 9.17) is 4.99 Å². The average molecular weight is 228 g/mol. The maximum absolute atomic E-state index is 4.75. The van der Waals surface area contributed by atoms with Gasteiger partial charge in [-0.25, -0.2) is 0 Å². The van der Waals surface area contributed by atoms with E-state index in [1.165, 1.54) is 5.57 Å². The monoisotopic (exact) mass is 228 g/mol. The first-order chi connectivity index (χ1) is 7.96. The first kappa shape index (κ1) is 11.9. The Morgan fingerprint density at radius 3 is 2.71 bits per heavy atom. The quantitative estimate of drug-likeness (QED) is 0.760. The molecule has 90 valence electrons. The molecule has 1 aromatic carbocycles. The van der Waals surface area contributed by atoms with Gasteiger partial charge in [0, 0.05) is 17.7 Å².